The number of nitrogens with zero attached hydrogens (tertiary/aromatic N) is 1. The minimum Gasteiger partial charge on any atom is -0.394 e. The summed E-state index contributed by atoms with van der Waals surface area (Å²) in [6.45, 7) is 1.53. The Bertz CT molecular complexity index is 453. The van der Waals surface area contributed by atoms with Gasteiger partial charge < -0.3 is 20.1 Å². The second kappa shape index (κ2) is 5.19. The molecule has 5 nitrogen and oxygen atoms in total. The Morgan fingerprint density at radius 1 is 1.47 bits per heavy atom. The normalized spacial score (nSPS) is 25.8. The van der Waals surface area contributed by atoms with Gasteiger partial charge in [0.05, 0.1) is 19.3 Å². The number of benzene rings is 1. The third-order valence-electron chi connectivity index (χ3n) is 3.72. The van der Waals surface area contributed by atoms with Gasteiger partial charge in [0.25, 0.3) is 0 Å². The van der Waals surface area contributed by atoms with Crippen LogP contribution in [0.2, 0.25) is 0 Å². The third kappa shape index (κ3) is 2.43. The number of carbonyl (C=O) groups is 1. The molecule has 1 amide bonds. The number of hydrogen-bond acceptors (Lipinski definition) is 4. The number of aliphatic hydroxyl groups is 1. The molecule has 2 aliphatic heterocycles. The largest absolute Gasteiger partial charge is 0.394 e. The lowest BCUT2D eigenvalue weighted by Gasteiger charge is -2.33. The van der Waals surface area contributed by atoms with Crippen LogP contribution in [0.15, 0.2) is 24.3 Å². The summed E-state index contributed by atoms with van der Waals surface area (Å²) in [6.07, 6.45) is 0.484. The number of amides is 1. The molecule has 2 atom stereocenters. The fourth-order valence-corrected chi connectivity index (χ4v) is 2.70. The quantitative estimate of drug-likeness (QED) is 0.801. The number of ether oxygens (including phenoxy) is 1. The Morgan fingerprint density at radius 3 is 3.11 bits per heavy atom. The number of fused-ring (bicyclic) bond motifs is 1. The maximum atomic E-state index is 12.5. The second-order valence-electron chi connectivity index (χ2n) is 5.02. The summed E-state index contributed by atoms with van der Waals surface area (Å²) in [5.41, 5.74) is 2.24. The first-order valence-corrected chi connectivity index (χ1v) is 6.63. The lowest BCUT2D eigenvalue weighted by Crippen LogP contribution is -2.51. The summed E-state index contributed by atoms with van der Waals surface area (Å²) in [6, 6.07) is 7.82. The minimum absolute atomic E-state index is 0.0396. The molecule has 5 heteroatoms. The van der Waals surface area contributed by atoms with E-state index in [0.29, 0.717) is 19.7 Å². The van der Waals surface area contributed by atoms with E-state index in [1.807, 2.05) is 24.3 Å². The van der Waals surface area contributed by atoms with E-state index < -0.39 is 0 Å². The van der Waals surface area contributed by atoms with E-state index in [-0.39, 0.29) is 24.7 Å². The molecule has 0 aliphatic carbocycles. The standard InChI is InChI=1S/C14H18N2O3/c17-9-11-8-16(5-6-19-11)14(18)13-7-10-3-1-2-4-12(10)15-13/h1-4,11,13,15,17H,5-9H2/t11?,13-/m0/s1. The van der Waals surface area contributed by atoms with Crippen molar-refractivity contribution in [2.24, 2.45) is 0 Å². The zero-order valence-corrected chi connectivity index (χ0v) is 10.7. The number of rotatable bonds is 2. The monoisotopic (exact) mass is 262 g/mol. The number of carbonyl (C=O) groups excluding carboxylic acids is 1. The average Bonchev–Trinajstić information content (AvgIpc) is 2.90. The molecule has 1 fully saturated rings. The van der Waals surface area contributed by atoms with E-state index in [4.69, 9.17) is 9.84 Å². The summed E-state index contributed by atoms with van der Waals surface area (Å²) < 4.78 is 5.37. The van der Waals surface area contributed by atoms with Gasteiger partial charge in [-0.05, 0) is 11.6 Å². The SMILES string of the molecule is O=C([C@@H]1Cc2ccccc2N1)N1CCOC(CO)C1. The van der Waals surface area contributed by atoms with Crippen LogP contribution in [-0.2, 0) is 16.0 Å². The fourth-order valence-electron chi connectivity index (χ4n) is 2.70. The molecular weight excluding hydrogens is 244 g/mol. The van der Waals surface area contributed by atoms with Gasteiger partial charge in [-0.2, -0.15) is 0 Å². The van der Waals surface area contributed by atoms with Crippen molar-refractivity contribution in [3.8, 4) is 0 Å². The molecule has 1 saturated heterocycles. The number of para-hydroxylation sites is 1. The predicted octanol–water partition coefficient (Wildman–Crippen LogP) is 0.243. The minimum atomic E-state index is -0.249. The highest BCUT2D eigenvalue weighted by molar-refractivity contribution is 5.87. The van der Waals surface area contributed by atoms with Crippen LogP contribution in [0.1, 0.15) is 5.56 Å². The lowest BCUT2D eigenvalue weighted by atomic mass is 10.1. The molecule has 102 valence electrons. The molecule has 2 aliphatic rings. The van der Waals surface area contributed by atoms with Crippen LogP contribution in [0.4, 0.5) is 5.69 Å². The summed E-state index contributed by atoms with van der Waals surface area (Å²) in [5.74, 6) is 0.0953. The lowest BCUT2D eigenvalue weighted by molar-refractivity contribution is -0.140. The molecular formula is C14H18N2O3. The Hall–Kier alpha value is -1.59. The molecule has 1 aromatic rings. The maximum absolute atomic E-state index is 12.5. The van der Waals surface area contributed by atoms with Gasteiger partial charge in [0, 0.05) is 25.2 Å². The van der Waals surface area contributed by atoms with Crippen molar-refractivity contribution in [3.05, 3.63) is 29.8 Å². The highest BCUT2D eigenvalue weighted by atomic mass is 16.5. The predicted molar refractivity (Wildman–Crippen MR) is 71.0 cm³/mol. The highest BCUT2D eigenvalue weighted by Gasteiger charge is 2.32. The number of hydrogen-bond donors (Lipinski definition) is 2. The average molecular weight is 262 g/mol. The first-order chi connectivity index (χ1) is 9.28. The number of aliphatic hydroxyl groups excluding tert-OH is 1. The van der Waals surface area contributed by atoms with Crippen molar-refractivity contribution in [2.75, 3.05) is 31.6 Å². The van der Waals surface area contributed by atoms with Gasteiger partial charge in [0.2, 0.25) is 5.91 Å². The zero-order chi connectivity index (χ0) is 13.2. The van der Waals surface area contributed by atoms with E-state index in [9.17, 15) is 4.79 Å². The van der Waals surface area contributed by atoms with Gasteiger partial charge in [-0.3, -0.25) is 4.79 Å². The van der Waals surface area contributed by atoms with Crippen LogP contribution in [0.3, 0.4) is 0 Å². The van der Waals surface area contributed by atoms with Crippen molar-refractivity contribution in [3.63, 3.8) is 0 Å². The smallest absolute Gasteiger partial charge is 0.245 e. The molecule has 3 rings (SSSR count). The van der Waals surface area contributed by atoms with Gasteiger partial charge >= 0.3 is 0 Å². The van der Waals surface area contributed by atoms with Gasteiger partial charge in [-0.1, -0.05) is 18.2 Å². The Morgan fingerprint density at radius 2 is 2.32 bits per heavy atom. The summed E-state index contributed by atoms with van der Waals surface area (Å²) in [7, 11) is 0. The van der Waals surface area contributed by atoms with Gasteiger partial charge in [-0.25, -0.2) is 0 Å². The van der Waals surface area contributed by atoms with Crippen molar-refractivity contribution in [1.82, 2.24) is 4.90 Å². The number of anilines is 1. The first-order valence-electron chi connectivity index (χ1n) is 6.63. The van der Waals surface area contributed by atoms with Crippen LogP contribution < -0.4 is 5.32 Å². The molecule has 1 unspecified atom stereocenters. The molecule has 2 heterocycles. The topological polar surface area (TPSA) is 61.8 Å². The Kier molecular flexibility index (Phi) is 3.40. The highest BCUT2D eigenvalue weighted by Crippen LogP contribution is 2.26. The van der Waals surface area contributed by atoms with E-state index in [0.717, 1.165) is 12.1 Å². The molecule has 0 aromatic heterocycles. The third-order valence-corrected chi connectivity index (χ3v) is 3.72. The van der Waals surface area contributed by atoms with Crippen LogP contribution in [0, 0.1) is 0 Å². The molecule has 0 bridgehead atoms. The molecule has 0 saturated carbocycles. The zero-order valence-electron chi connectivity index (χ0n) is 10.7. The fraction of sp³-hybridized carbons (Fsp3) is 0.500. The summed E-state index contributed by atoms with van der Waals surface area (Å²) in [4.78, 5) is 14.2. The van der Waals surface area contributed by atoms with Crippen LogP contribution in [-0.4, -0.2) is 54.4 Å². The summed E-state index contributed by atoms with van der Waals surface area (Å²) >= 11 is 0. The van der Waals surface area contributed by atoms with Gasteiger partial charge in [-0.15, -0.1) is 0 Å². The molecule has 0 radical (unpaired) electrons. The maximum Gasteiger partial charge on any atom is 0.245 e. The van der Waals surface area contributed by atoms with Crippen LogP contribution in [0.25, 0.3) is 0 Å². The van der Waals surface area contributed by atoms with Crippen LogP contribution >= 0.6 is 0 Å². The molecule has 0 spiro atoms. The molecule has 2 N–H and O–H groups in total. The Labute approximate surface area is 112 Å². The molecule has 1 aromatic carbocycles. The number of morpholine rings is 1. The number of nitrogens with one attached hydrogen (secondary N) is 1. The van der Waals surface area contributed by atoms with Crippen molar-refractivity contribution < 1.29 is 14.6 Å². The van der Waals surface area contributed by atoms with E-state index in [1.54, 1.807) is 4.90 Å². The van der Waals surface area contributed by atoms with E-state index in [1.165, 1.54) is 5.56 Å². The molecule has 19 heavy (non-hydrogen) atoms. The van der Waals surface area contributed by atoms with E-state index >= 15 is 0 Å². The van der Waals surface area contributed by atoms with Crippen LogP contribution in [0.5, 0.6) is 0 Å². The van der Waals surface area contributed by atoms with E-state index in [2.05, 4.69) is 5.32 Å². The van der Waals surface area contributed by atoms with Gasteiger partial charge in [0.15, 0.2) is 0 Å². The first kappa shape index (κ1) is 12.4. The summed E-state index contributed by atoms with van der Waals surface area (Å²) in [5, 5.41) is 12.4. The van der Waals surface area contributed by atoms with Crippen molar-refractivity contribution in [1.29, 1.82) is 0 Å². The van der Waals surface area contributed by atoms with Crippen molar-refractivity contribution in [2.45, 2.75) is 18.6 Å². The van der Waals surface area contributed by atoms with Gasteiger partial charge in [0.1, 0.15) is 6.04 Å². The van der Waals surface area contributed by atoms with Crippen molar-refractivity contribution >= 4 is 11.6 Å². The second-order valence-corrected chi connectivity index (χ2v) is 5.02. The Balaban J connectivity index is 1.66.